The Labute approximate surface area is 116 Å². The summed E-state index contributed by atoms with van der Waals surface area (Å²) in [5, 5.41) is 9.41. The normalized spacial score (nSPS) is 25.7. The molecule has 3 atom stereocenters. The largest absolute Gasteiger partial charge is 0.329 e. The number of rotatable bonds is 4. The van der Waals surface area contributed by atoms with E-state index >= 15 is 0 Å². The average Bonchev–Trinajstić information content (AvgIpc) is 2.46. The van der Waals surface area contributed by atoms with Gasteiger partial charge in [-0.25, -0.2) is 0 Å². The first-order valence-electron chi connectivity index (χ1n) is 7.13. The summed E-state index contributed by atoms with van der Waals surface area (Å²) in [6, 6.07) is 12.9. The minimum atomic E-state index is -0.0522. The average molecular weight is 257 g/mol. The molecule has 1 saturated heterocycles. The predicted octanol–water partition coefficient (Wildman–Crippen LogP) is 2.35. The molecule has 1 aliphatic heterocycles. The van der Waals surface area contributed by atoms with E-state index in [4.69, 9.17) is 5.73 Å². The van der Waals surface area contributed by atoms with Crippen molar-refractivity contribution in [2.75, 3.05) is 19.6 Å². The molecular weight excluding hydrogens is 234 g/mol. The van der Waals surface area contributed by atoms with Crippen LogP contribution in [-0.4, -0.2) is 30.6 Å². The van der Waals surface area contributed by atoms with Gasteiger partial charge in [0.1, 0.15) is 0 Å². The van der Waals surface area contributed by atoms with Crippen molar-refractivity contribution < 1.29 is 0 Å². The van der Waals surface area contributed by atoms with Crippen LogP contribution in [0, 0.1) is 17.2 Å². The zero-order valence-corrected chi connectivity index (χ0v) is 11.6. The van der Waals surface area contributed by atoms with Crippen LogP contribution in [0.5, 0.6) is 0 Å². The van der Waals surface area contributed by atoms with Crippen LogP contribution in [0.4, 0.5) is 0 Å². The van der Waals surface area contributed by atoms with Gasteiger partial charge < -0.3 is 5.73 Å². The Bertz CT molecular complexity index is 423. The highest BCUT2D eigenvalue weighted by molar-refractivity contribution is 5.25. The molecule has 0 bridgehead atoms. The zero-order chi connectivity index (χ0) is 13.7. The van der Waals surface area contributed by atoms with Gasteiger partial charge in [0.15, 0.2) is 0 Å². The van der Waals surface area contributed by atoms with Crippen LogP contribution in [0.1, 0.15) is 31.2 Å². The van der Waals surface area contributed by atoms with E-state index in [1.54, 1.807) is 0 Å². The fraction of sp³-hybridized carbons (Fsp3) is 0.562. The summed E-state index contributed by atoms with van der Waals surface area (Å²) in [6.45, 7) is 4.85. The summed E-state index contributed by atoms with van der Waals surface area (Å²) in [5.41, 5.74) is 7.00. The number of nitrogens with two attached hydrogens (primary N) is 1. The van der Waals surface area contributed by atoms with Gasteiger partial charge in [0, 0.05) is 19.1 Å². The molecule has 3 heteroatoms. The lowest BCUT2D eigenvalue weighted by molar-refractivity contribution is 0.120. The molecule has 1 aliphatic rings. The van der Waals surface area contributed by atoms with Gasteiger partial charge >= 0.3 is 0 Å². The number of nitrogens with zero attached hydrogens (tertiary/aromatic N) is 2. The summed E-state index contributed by atoms with van der Waals surface area (Å²) < 4.78 is 0. The van der Waals surface area contributed by atoms with Crippen LogP contribution >= 0.6 is 0 Å². The van der Waals surface area contributed by atoms with Crippen LogP contribution in [0.3, 0.4) is 0 Å². The Morgan fingerprint density at radius 3 is 2.79 bits per heavy atom. The third-order valence-corrected chi connectivity index (χ3v) is 4.15. The number of hydrogen-bond donors (Lipinski definition) is 1. The molecule has 1 fully saturated rings. The highest BCUT2D eigenvalue weighted by Crippen LogP contribution is 2.25. The van der Waals surface area contributed by atoms with Crippen molar-refractivity contribution in [1.29, 1.82) is 5.26 Å². The standard InChI is InChI=1S/C16H23N3/c1-13-7-8-19(16(9-13)11-18)12-15(10-17)14-5-3-2-4-6-14/h2-6,13,15-16H,7-9,11-12,18H2,1H3. The van der Waals surface area contributed by atoms with E-state index in [1.165, 1.54) is 6.42 Å². The lowest BCUT2D eigenvalue weighted by atomic mass is 9.90. The first kappa shape index (κ1) is 14.0. The topological polar surface area (TPSA) is 53.0 Å². The number of nitriles is 1. The fourth-order valence-electron chi connectivity index (χ4n) is 2.93. The van der Waals surface area contributed by atoms with Crippen molar-refractivity contribution in [2.45, 2.75) is 31.7 Å². The van der Waals surface area contributed by atoms with Gasteiger partial charge in [0.05, 0.1) is 12.0 Å². The van der Waals surface area contributed by atoms with E-state index in [0.29, 0.717) is 12.6 Å². The molecule has 3 nitrogen and oxygen atoms in total. The van der Waals surface area contributed by atoms with Gasteiger partial charge in [0.2, 0.25) is 0 Å². The van der Waals surface area contributed by atoms with E-state index in [0.717, 1.165) is 31.0 Å². The lowest BCUT2D eigenvalue weighted by Crippen LogP contribution is -2.47. The molecule has 1 aromatic carbocycles. The van der Waals surface area contributed by atoms with Gasteiger partial charge in [-0.05, 0) is 30.9 Å². The third-order valence-electron chi connectivity index (χ3n) is 4.15. The molecule has 3 unspecified atom stereocenters. The molecule has 2 N–H and O–H groups in total. The Morgan fingerprint density at radius 1 is 1.42 bits per heavy atom. The molecule has 0 amide bonds. The summed E-state index contributed by atoms with van der Waals surface area (Å²) >= 11 is 0. The van der Waals surface area contributed by atoms with Crippen molar-refractivity contribution in [1.82, 2.24) is 4.90 Å². The van der Waals surface area contributed by atoms with E-state index < -0.39 is 0 Å². The molecule has 0 saturated carbocycles. The van der Waals surface area contributed by atoms with Crippen molar-refractivity contribution in [3.05, 3.63) is 35.9 Å². The molecule has 0 spiro atoms. The van der Waals surface area contributed by atoms with E-state index in [1.807, 2.05) is 30.3 Å². The minimum absolute atomic E-state index is 0.0522. The van der Waals surface area contributed by atoms with Gasteiger partial charge in [-0.1, -0.05) is 37.3 Å². The monoisotopic (exact) mass is 257 g/mol. The van der Waals surface area contributed by atoms with Crippen molar-refractivity contribution in [3.8, 4) is 6.07 Å². The zero-order valence-electron chi connectivity index (χ0n) is 11.6. The Balaban J connectivity index is 2.04. The second-order valence-electron chi connectivity index (χ2n) is 5.61. The maximum absolute atomic E-state index is 9.41. The molecule has 1 heterocycles. The molecule has 0 aliphatic carbocycles. The Hall–Kier alpha value is -1.37. The van der Waals surface area contributed by atoms with Gasteiger partial charge in [-0.15, -0.1) is 0 Å². The van der Waals surface area contributed by atoms with Crippen LogP contribution in [0.25, 0.3) is 0 Å². The number of piperidine rings is 1. The van der Waals surface area contributed by atoms with Gasteiger partial charge in [0.25, 0.3) is 0 Å². The molecule has 0 radical (unpaired) electrons. The van der Waals surface area contributed by atoms with E-state index in [2.05, 4.69) is 17.9 Å². The summed E-state index contributed by atoms with van der Waals surface area (Å²) in [5.74, 6) is 0.700. The molecule has 102 valence electrons. The maximum atomic E-state index is 9.41. The first-order chi connectivity index (χ1) is 9.24. The van der Waals surface area contributed by atoms with Gasteiger partial charge in [-0.3, -0.25) is 4.90 Å². The van der Waals surface area contributed by atoms with Crippen LogP contribution in [-0.2, 0) is 0 Å². The summed E-state index contributed by atoms with van der Waals surface area (Å²) in [4.78, 5) is 2.40. The van der Waals surface area contributed by atoms with Crippen molar-refractivity contribution >= 4 is 0 Å². The fourth-order valence-corrected chi connectivity index (χ4v) is 2.93. The smallest absolute Gasteiger partial charge is 0.0839 e. The highest BCUT2D eigenvalue weighted by atomic mass is 15.2. The third kappa shape index (κ3) is 3.56. The lowest BCUT2D eigenvalue weighted by Gasteiger charge is -2.38. The molecule has 2 rings (SSSR count). The van der Waals surface area contributed by atoms with Crippen LogP contribution in [0.15, 0.2) is 30.3 Å². The maximum Gasteiger partial charge on any atom is 0.0839 e. The second-order valence-corrected chi connectivity index (χ2v) is 5.61. The Morgan fingerprint density at radius 2 is 2.16 bits per heavy atom. The number of likely N-dealkylation sites (tertiary alicyclic amines) is 1. The highest BCUT2D eigenvalue weighted by Gasteiger charge is 2.27. The first-order valence-corrected chi connectivity index (χ1v) is 7.13. The number of hydrogen-bond acceptors (Lipinski definition) is 3. The summed E-state index contributed by atoms with van der Waals surface area (Å²) in [7, 11) is 0. The van der Waals surface area contributed by atoms with E-state index in [-0.39, 0.29) is 5.92 Å². The minimum Gasteiger partial charge on any atom is -0.329 e. The Kier molecular flexibility index (Phi) is 4.95. The van der Waals surface area contributed by atoms with Gasteiger partial charge in [-0.2, -0.15) is 5.26 Å². The van der Waals surface area contributed by atoms with Crippen molar-refractivity contribution in [2.24, 2.45) is 11.7 Å². The number of benzene rings is 1. The molecule has 0 aromatic heterocycles. The predicted molar refractivity (Wildman–Crippen MR) is 77.6 cm³/mol. The second kappa shape index (κ2) is 6.70. The summed E-state index contributed by atoms with van der Waals surface area (Å²) in [6.07, 6.45) is 2.37. The van der Waals surface area contributed by atoms with E-state index in [9.17, 15) is 5.26 Å². The van der Waals surface area contributed by atoms with Crippen LogP contribution in [0.2, 0.25) is 0 Å². The molecule has 1 aromatic rings. The molecule has 19 heavy (non-hydrogen) atoms. The SMILES string of the molecule is CC1CCN(CC(C#N)c2ccccc2)C(CN)C1. The quantitative estimate of drug-likeness (QED) is 0.901. The van der Waals surface area contributed by atoms with Crippen molar-refractivity contribution in [3.63, 3.8) is 0 Å². The van der Waals surface area contributed by atoms with Crippen LogP contribution < -0.4 is 5.73 Å². The molecular formula is C16H23N3.